The van der Waals surface area contributed by atoms with Gasteiger partial charge in [-0.1, -0.05) is 6.07 Å². The van der Waals surface area contributed by atoms with E-state index >= 15 is 0 Å². The van der Waals surface area contributed by atoms with Gasteiger partial charge in [0, 0.05) is 24.7 Å². The number of benzene rings is 1. The van der Waals surface area contributed by atoms with Gasteiger partial charge in [-0.3, -0.25) is 0 Å². The number of nitrogens with zero attached hydrogens (tertiary/aromatic N) is 2. The Bertz CT molecular complexity index is 791. The molecule has 0 unspecified atom stereocenters. The van der Waals surface area contributed by atoms with E-state index in [-0.39, 0.29) is 12.3 Å². The van der Waals surface area contributed by atoms with E-state index in [4.69, 9.17) is 0 Å². The minimum atomic E-state index is -3.19. The third-order valence-electron chi connectivity index (χ3n) is 3.25. The second-order valence-electron chi connectivity index (χ2n) is 5.30. The fourth-order valence-electron chi connectivity index (χ4n) is 1.97. The quantitative estimate of drug-likeness (QED) is 0.915. The lowest BCUT2D eigenvalue weighted by Crippen LogP contribution is -2.10. The molecule has 0 aliphatic rings. The summed E-state index contributed by atoms with van der Waals surface area (Å²) >= 11 is 0. The molecule has 118 valence electrons. The van der Waals surface area contributed by atoms with Gasteiger partial charge in [0.05, 0.1) is 5.75 Å². The lowest BCUT2D eigenvalue weighted by atomic mass is 10.1. The van der Waals surface area contributed by atoms with E-state index < -0.39 is 15.7 Å². The smallest absolute Gasteiger partial charge is 0.223 e. The molecule has 1 heterocycles. The lowest BCUT2D eigenvalue weighted by Gasteiger charge is -2.11. The summed E-state index contributed by atoms with van der Waals surface area (Å²) in [5.74, 6) is -0.106. The van der Waals surface area contributed by atoms with E-state index in [2.05, 4.69) is 15.3 Å². The molecule has 22 heavy (non-hydrogen) atoms. The zero-order chi connectivity index (χ0) is 16.3. The SMILES string of the molecule is Cc1cnc(NCc2cc(F)ccc2CS(C)(=O)=O)nc1C. The fourth-order valence-corrected chi connectivity index (χ4v) is 2.82. The molecule has 0 spiro atoms. The van der Waals surface area contributed by atoms with Crippen LogP contribution in [0.4, 0.5) is 10.3 Å². The van der Waals surface area contributed by atoms with Crippen molar-refractivity contribution in [3.63, 3.8) is 0 Å². The number of hydrogen-bond donors (Lipinski definition) is 1. The summed E-state index contributed by atoms with van der Waals surface area (Å²) in [6.45, 7) is 4.04. The maximum absolute atomic E-state index is 13.4. The molecule has 0 saturated carbocycles. The van der Waals surface area contributed by atoms with Crippen LogP contribution in [0.15, 0.2) is 24.4 Å². The molecule has 1 N–H and O–H groups in total. The molecule has 1 aromatic heterocycles. The molecule has 0 aliphatic heterocycles. The molecule has 1 aromatic carbocycles. The van der Waals surface area contributed by atoms with E-state index in [0.29, 0.717) is 17.1 Å². The number of aryl methyl sites for hydroxylation is 2. The van der Waals surface area contributed by atoms with Crippen molar-refractivity contribution >= 4 is 15.8 Å². The first-order chi connectivity index (χ1) is 10.2. The molecule has 0 fully saturated rings. The first kappa shape index (κ1) is 16.4. The first-order valence-corrected chi connectivity index (χ1v) is 8.80. The second kappa shape index (κ2) is 6.39. The largest absolute Gasteiger partial charge is 0.350 e. The Balaban J connectivity index is 2.21. The fraction of sp³-hybridized carbons (Fsp3) is 0.333. The maximum Gasteiger partial charge on any atom is 0.223 e. The van der Waals surface area contributed by atoms with Crippen LogP contribution in [-0.2, 0) is 22.1 Å². The Morgan fingerprint density at radius 2 is 1.95 bits per heavy atom. The summed E-state index contributed by atoms with van der Waals surface area (Å²) in [5.41, 5.74) is 2.98. The van der Waals surface area contributed by atoms with Crippen molar-refractivity contribution in [3.8, 4) is 0 Å². The highest BCUT2D eigenvalue weighted by Gasteiger charge is 2.11. The molecular weight excluding hydrogens is 305 g/mol. The van der Waals surface area contributed by atoms with Crippen LogP contribution in [0, 0.1) is 19.7 Å². The maximum atomic E-state index is 13.4. The predicted molar refractivity (Wildman–Crippen MR) is 83.8 cm³/mol. The van der Waals surface area contributed by atoms with Gasteiger partial charge in [0.1, 0.15) is 5.82 Å². The zero-order valence-electron chi connectivity index (χ0n) is 12.7. The standard InChI is InChI=1S/C15H18FN3O2S/c1-10-7-17-15(19-11(10)2)18-8-13-6-14(16)5-4-12(13)9-22(3,20)21/h4-7H,8-9H2,1-3H3,(H,17,18,19). The summed E-state index contributed by atoms with van der Waals surface area (Å²) in [6.07, 6.45) is 2.85. The summed E-state index contributed by atoms with van der Waals surface area (Å²) < 4.78 is 36.3. The average molecular weight is 323 g/mol. The average Bonchev–Trinajstić information content (AvgIpc) is 2.41. The molecule has 0 saturated heterocycles. The Morgan fingerprint density at radius 1 is 1.23 bits per heavy atom. The number of halogens is 1. The number of anilines is 1. The van der Waals surface area contributed by atoms with Gasteiger partial charge < -0.3 is 5.32 Å². The van der Waals surface area contributed by atoms with E-state index in [9.17, 15) is 12.8 Å². The normalized spacial score (nSPS) is 11.5. The van der Waals surface area contributed by atoms with E-state index in [1.807, 2.05) is 13.8 Å². The van der Waals surface area contributed by atoms with Crippen molar-refractivity contribution in [2.45, 2.75) is 26.1 Å². The van der Waals surface area contributed by atoms with Crippen molar-refractivity contribution in [1.29, 1.82) is 0 Å². The van der Waals surface area contributed by atoms with Gasteiger partial charge in [-0.25, -0.2) is 22.8 Å². The van der Waals surface area contributed by atoms with Crippen molar-refractivity contribution in [3.05, 3.63) is 52.6 Å². The molecule has 5 nitrogen and oxygen atoms in total. The summed E-state index contributed by atoms with van der Waals surface area (Å²) in [5, 5.41) is 3.00. The highest BCUT2D eigenvalue weighted by atomic mass is 32.2. The Hall–Kier alpha value is -2.02. The molecule has 2 rings (SSSR count). The van der Waals surface area contributed by atoms with E-state index in [1.54, 1.807) is 6.20 Å². The monoisotopic (exact) mass is 323 g/mol. The third-order valence-corrected chi connectivity index (χ3v) is 4.08. The first-order valence-electron chi connectivity index (χ1n) is 6.74. The molecule has 2 aromatic rings. The van der Waals surface area contributed by atoms with Gasteiger partial charge in [0.25, 0.3) is 0 Å². The Labute approximate surface area is 129 Å². The minimum Gasteiger partial charge on any atom is -0.350 e. The van der Waals surface area contributed by atoms with Crippen molar-refractivity contribution < 1.29 is 12.8 Å². The summed E-state index contributed by atoms with van der Waals surface area (Å²) in [4.78, 5) is 8.43. The highest BCUT2D eigenvalue weighted by Crippen LogP contribution is 2.16. The van der Waals surface area contributed by atoms with Gasteiger partial charge in [0.2, 0.25) is 5.95 Å². The number of sulfone groups is 1. The zero-order valence-corrected chi connectivity index (χ0v) is 13.5. The van der Waals surface area contributed by atoms with Crippen LogP contribution in [0.2, 0.25) is 0 Å². The van der Waals surface area contributed by atoms with Crippen molar-refractivity contribution in [1.82, 2.24) is 9.97 Å². The van der Waals surface area contributed by atoms with Gasteiger partial charge in [-0.15, -0.1) is 0 Å². The number of hydrogen-bond acceptors (Lipinski definition) is 5. The van der Waals surface area contributed by atoms with Gasteiger partial charge in [0.15, 0.2) is 9.84 Å². The van der Waals surface area contributed by atoms with Gasteiger partial charge >= 0.3 is 0 Å². The van der Waals surface area contributed by atoms with E-state index in [0.717, 1.165) is 17.5 Å². The minimum absolute atomic E-state index is 0.127. The van der Waals surface area contributed by atoms with Crippen LogP contribution in [0.5, 0.6) is 0 Å². The van der Waals surface area contributed by atoms with Crippen LogP contribution < -0.4 is 5.32 Å². The third kappa shape index (κ3) is 4.49. The van der Waals surface area contributed by atoms with Crippen LogP contribution in [0.25, 0.3) is 0 Å². The molecule has 7 heteroatoms. The Morgan fingerprint density at radius 3 is 2.59 bits per heavy atom. The van der Waals surface area contributed by atoms with Crippen LogP contribution >= 0.6 is 0 Å². The number of rotatable bonds is 5. The Kier molecular flexibility index (Phi) is 4.75. The molecular formula is C15H18FN3O2S. The number of nitrogens with one attached hydrogen (secondary N) is 1. The summed E-state index contributed by atoms with van der Waals surface area (Å²) in [7, 11) is -3.19. The van der Waals surface area contributed by atoms with Crippen LogP contribution in [-0.4, -0.2) is 24.6 Å². The second-order valence-corrected chi connectivity index (χ2v) is 7.44. The van der Waals surface area contributed by atoms with Gasteiger partial charge in [-0.2, -0.15) is 0 Å². The molecule has 0 aliphatic carbocycles. The molecule has 0 radical (unpaired) electrons. The van der Waals surface area contributed by atoms with Crippen LogP contribution in [0.1, 0.15) is 22.4 Å². The molecule has 0 amide bonds. The molecule has 0 atom stereocenters. The topological polar surface area (TPSA) is 72.0 Å². The summed E-state index contributed by atoms with van der Waals surface area (Å²) in [6, 6.07) is 4.08. The lowest BCUT2D eigenvalue weighted by molar-refractivity contribution is 0.600. The predicted octanol–water partition coefficient (Wildman–Crippen LogP) is 2.39. The van der Waals surface area contributed by atoms with E-state index in [1.165, 1.54) is 18.2 Å². The number of aromatic nitrogens is 2. The van der Waals surface area contributed by atoms with Gasteiger partial charge in [-0.05, 0) is 42.7 Å². The van der Waals surface area contributed by atoms with Crippen molar-refractivity contribution in [2.75, 3.05) is 11.6 Å². The molecule has 0 bridgehead atoms. The van der Waals surface area contributed by atoms with Crippen LogP contribution in [0.3, 0.4) is 0 Å². The highest BCUT2D eigenvalue weighted by molar-refractivity contribution is 7.89. The van der Waals surface area contributed by atoms with Crippen molar-refractivity contribution in [2.24, 2.45) is 0 Å².